The predicted octanol–water partition coefficient (Wildman–Crippen LogP) is 15.1. The molecule has 2 atom stereocenters. The molecule has 11 aromatic rings. The number of hydrogen-bond acceptors (Lipinski definition) is 6. The van der Waals surface area contributed by atoms with Gasteiger partial charge in [0.25, 0.3) is 0 Å². The van der Waals surface area contributed by atoms with Crippen LogP contribution in [0.2, 0.25) is 0 Å². The molecule has 2 unspecified atom stereocenters. The van der Waals surface area contributed by atoms with Crippen LogP contribution >= 0.6 is 17.2 Å². The molecule has 0 saturated heterocycles. The van der Waals surface area contributed by atoms with Crippen LogP contribution in [-0.2, 0) is 145 Å². The van der Waals surface area contributed by atoms with Gasteiger partial charge in [-0.3, -0.25) is 19.9 Å². The van der Waals surface area contributed by atoms with Gasteiger partial charge in [0.05, 0.1) is 10.9 Å². The Balaban J connectivity index is 0.000000372. The maximum absolute atomic E-state index is 4.76. The van der Waals surface area contributed by atoms with Gasteiger partial charge in [-0.2, -0.15) is 179 Å². The molecule has 0 amide bonds. The zero-order chi connectivity index (χ0) is 58.2. The van der Waals surface area contributed by atoms with Crippen LogP contribution in [0.25, 0.3) is 0 Å². The van der Waals surface area contributed by atoms with Gasteiger partial charge in [0.1, 0.15) is 5.82 Å². The van der Waals surface area contributed by atoms with Crippen LogP contribution in [0.15, 0.2) is 243 Å². The van der Waals surface area contributed by atoms with Gasteiger partial charge in [-0.15, -0.1) is 0 Å². The smallest absolute Gasteiger partial charge is 0.373 e. The summed E-state index contributed by atoms with van der Waals surface area (Å²) in [6.07, 6.45) is 6.28. The van der Waals surface area contributed by atoms with Crippen molar-refractivity contribution in [2.75, 3.05) is 19.0 Å². The molecule has 0 aliphatic heterocycles. The van der Waals surface area contributed by atoms with Gasteiger partial charge in [0.15, 0.2) is 0 Å². The summed E-state index contributed by atoms with van der Waals surface area (Å²) in [6, 6.07) is 97.9. The van der Waals surface area contributed by atoms with E-state index in [-0.39, 0.29) is 105 Å². The number of nitrogens with zero attached hydrogens (tertiary/aromatic N) is 5. The van der Waals surface area contributed by atoms with Gasteiger partial charge in [-0.1, -0.05) is 96.9 Å². The topological polar surface area (TPSA) is 76.5 Å². The van der Waals surface area contributed by atoms with Crippen LogP contribution in [0, 0.1) is 35.7 Å². The first kappa shape index (κ1) is 79.0. The molecule has 11 rings (SSSR count). The van der Waals surface area contributed by atoms with Gasteiger partial charge in [-0.05, 0) is 132 Å². The van der Waals surface area contributed by atoms with Gasteiger partial charge in [0, 0.05) is 87.1 Å². The maximum atomic E-state index is 4.76. The van der Waals surface area contributed by atoms with Crippen molar-refractivity contribution in [2.24, 2.45) is 5.41 Å². The van der Waals surface area contributed by atoms with E-state index in [2.05, 4.69) is 212 Å². The Morgan fingerprint density at radius 2 is 0.693 bits per heavy atom. The summed E-state index contributed by atoms with van der Waals surface area (Å²) in [5.41, 5.74) is 16.4. The monoisotopic (exact) mass is 2080 g/mol. The van der Waals surface area contributed by atoms with Crippen LogP contribution in [0.5, 0.6) is 0 Å². The van der Waals surface area contributed by atoms with Gasteiger partial charge >= 0.3 is 59.4 Å². The van der Waals surface area contributed by atoms with E-state index in [0.717, 1.165) is 98.9 Å². The Hall–Kier alpha value is -5.06. The van der Waals surface area contributed by atoms with E-state index >= 15 is 0 Å². The van der Waals surface area contributed by atoms with Crippen molar-refractivity contribution < 1.29 is 99.6 Å². The molecule has 5 radical (unpaired) electrons. The molecule has 5 aromatic heterocycles. The third-order valence-electron chi connectivity index (χ3n) is 12.5. The number of nitrogens with one attached hydrogen (secondary N) is 1. The number of benzene rings is 6. The van der Waals surface area contributed by atoms with Crippen molar-refractivity contribution in [3.05, 3.63) is 341 Å². The second-order valence-corrected chi connectivity index (χ2v) is 23.0. The zero-order valence-corrected chi connectivity index (χ0v) is 64.9. The van der Waals surface area contributed by atoms with E-state index < -0.39 is 0 Å². The summed E-state index contributed by atoms with van der Waals surface area (Å²) in [6.45, 7) is 11.0. The van der Waals surface area contributed by atoms with E-state index in [1.54, 1.807) is 0 Å². The molecule has 0 bridgehead atoms. The quantitative estimate of drug-likeness (QED) is 0.0767. The van der Waals surface area contributed by atoms with Crippen molar-refractivity contribution in [1.29, 1.82) is 0 Å². The molecule has 13 heteroatoms. The standard InChI is InChI=1S/C18H15NP.C17H20N.C14H14N.C13H13N2.C13H13NP.2Ir.3Os/c1-3-8-15(9-4-1)14-16-10-7-13-18(19-16)20-17-11-5-2-6-12-17;1-17(2,3)13-16-11-7-10-15(18-16)12-14-8-5-4-6-9-14;1-2-13-9-6-10-14(15-13)11-12-7-4-3-5-8-12;1-14-13-9-5-8-12(15-13)10-11-6-3-2-4-7-11;1-15-13-9-5-8-12(14-13)10-11-6-3-2-4-7-11;;;;;/h1-8,10-13,20H,14H2;4-8,10-11H,12-13H2,1-3H3;3-7,9-10H,2,11H2,1H3;2-6,8-9H,10H2,1H3,(H,14,15);2-6,8-9,15H,10H2,1H3;;;;;/q5*-1;;;3*+1. The molecule has 0 aliphatic rings. The Bertz CT molecular complexity index is 3300. The van der Waals surface area contributed by atoms with E-state index in [0.29, 0.717) is 8.58 Å². The van der Waals surface area contributed by atoms with E-state index in [4.69, 9.17) is 9.97 Å². The molecule has 0 aliphatic carbocycles. The molecule has 0 spiro atoms. The summed E-state index contributed by atoms with van der Waals surface area (Å²) < 4.78 is 0. The summed E-state index contributed by atoms with van der Waals surface area (Å²) in [5, 5.41) is 4.35. The molecule has 6 nitrogen and oxygen atoms in total. The Kier molecular flexibility index (Phi) is 40.6. The number of rotatable bonds is 16. The molecular weight excluding hydrogens is 2000 g/mol. The molecule has 459 valence electrons. The van der Waals surface area contributed by atoms with Crippen molar-refractivity contribution in [3.8, 4) is 0 Å². The average Bonchev–Trinajstić information content (AvgIpc) is 3.72. The van der Waals surface area contributed by atoms with Crippen molar-refractivity contribution in [2.45, 2.75) is 72.6 Å². The third-order valence-corrected chi connectivity index (χ3v) is 14.5. The molecule has 6 aromatic carbocycles. The minimum Gasteiger partial charge on any atom is -0.373 e. The van der Waals surface area contributed by atoms with Crippen LogP contribution in [0.3, 0.4) is 0 Å². The first-order chi connectivity index (χ1) is 40.6. The fraction of sp³-hybridized carbons (Fsp3) is 0.187. The summed E-state index contributed by atoms with van der Waals surface area (Å²) in [4.78, 5) is 23.1. The molecular formula is C75H75Ir2N6Os3P2-2. The van der Waals surface area contributed by atoms with Gasteiger partial charge in [0.2, 0.25) is 0 Å². The number of pyridine rings is 5. The van der Waals surface area contributed by atoms with Crippen molar-refractivity contribution >= 4 is 39.2 Å². The van der Waals surface area contributed by atoms with E-state index in [1.807, 2.05) is 122 Å². The minimum absolute atomic E-state index is 0. The third kappa shape index (κ3) is 31.6. The normalized spacial score (nSPS) is 10.2. The second-order valence-electron chi connectivity index (χ2n) is 20.7. The summed E-state index contributed by atoms with van der Waals surface area (Å²) in [7, 11) is 3.25. The Morgan fingerprint density at radius 3 is 1.07 bits per heavy atom. The molecule has 0 saturated carbocycles. The van der Waals surface area contributed by atoms with Crippen LogP contribution in [-0.4, -0.2) is 38.6 Å². The fourth-order valence-electron chi connectivity index (χ4n) is 8.52. The molecule has 88 heavy (non-hydrogen) atoms. The largest absolute Gasteiger partial charge is 1.00 e. The van der Waals surface area contributed by atoms with Crippen LogP contribution < -0.4 is 21.5 Å². The number of aromatic nitrogens is 5. The van der Waals surface area contributed by atoms with Crippen molar-refractivity contribution in [3.63, 3.8) is 0 Å². The number of aryl methyl sites for hydroxylation is 1. The van der Waals surface area contributed by atoms with Gasteiger partial charge < -0.3 is 5.32 Å². The number of anilines is 1. The Morgan fingerprint density at radius 1 is 0.364 bits per heavy atom. The zero-order valence-electron chi connectivity index (χ0n) is 50.5. The molecule has 0 fully saturated rings. The summed E-state index contributed by atoms with van der Waals surface area (Å²) >= 11 is 0. The van der Waals surface area contributed by atoms with E-state index in [9.17, 15) is 0 Å². The van der Waals surface area contributed by atoms with Crippen molar-refractivity contribution in [1.82, 2.24) is 24.9 Å². The SMILES string of the molecule is CC(C)(C)Cc1cccc(Cc2[c-]cccc2)n1.CCc1cccc(Cc2[c-]cccc2)n1.CNc1cccc(Cc2[c-]cccc2)n1.CPc1cccc(Cc2[c-]cccc2)n1.[Ir].[Ir].[Os+].[Os+].[Os+].[c-]1ccccc1Cc1cccc(Pc2ccccc2)n1. The first-order valence-corrected chi connectivity index (χ1v) is 30.8. The first-order valence-electron chi connectivity index (χ1n) is 28.3. The van der Waals surface area contributed by atoms with E-state index in [1.165, 1.54) is 44.3 Å². The predicted molar refractivity (Wildman–Crippen MR) is 352 cm³/mol. The molecule has 5 heterocycles. The second kappa shape index (κ2) is 45.2. The van der Waals surface area contributed by atoms with Crippen LogP contribution in [0.1, 0.15) is 95.4 Å². The van der Waals surface area contributed by atoms with Crippen LogP contribution in [0.4, 0.5) is 5.82 Å². The molecule has 1 N–H and O–H groups in total. The minimum atomic E-state index is 0. The maximum Gasteiger partial charge on any atom is 1.00 e. The fourth-order valence-corrected chi connectivity index (χ4v) is 10.1. The number of hydrogen-bond donors (Lipinski definition) is 1. The van der Waals surface area contributed by atoms with Gasteiger partial charge in [-0.25, -0.2) is 4.98 Å². The summed E-state index contributed by atoms with van der Waals surface area (Å²) in [5.74, 6) is 0.906. The average molecular weight is 2080 g/mol. The Labute approximate surface area is 595 Å².